The van der Waals surface area contributed by atoms with Crippen LogP contribution in [-0.4, -0.2) is 9.71 Å². The summed E-state index contributed by atoms with van der Waals surface area (Å²) in [5, 5.41) is -0.156. The Balaban J connectivity index is 2.34. The molecule has 1 saturated carbocycles. The lowest BCUT2D eigenvalue weighted by Gasteiger charge is -2.03. The molecule has 0 aromatic heterocycles. The average Bonchev–Trinajstić information content (AvgIpc) is 2.54. The van der Waals surface area contributed by atoms with Crippen molar-refractivity contribution in [2.45, 2.75) is 22.6 Å². The lowest BCUT2D eigenvalue weighted by atomic mass is 10.1. The van der Waals surface area contributed by atoms with Crippen LogP contribution in [0.25, 0.3) is 0 Å². The zero-order valence-electron chi connectivity index (χ0n) is 7.10. The number of halogens is 3. The number of hydrogen-bond donors (Lipinski definition) is 0. The average molecular weight is 236 g/mol. The molecule has 2 unspecified atom stereocenters. The normalized spacial score (nSPS) is 30.2. The fourth-order valence-corrected chi connectivity index (χ4v) is 2.73. The monoisotopic (exact) mass is 234 g/mol. The summed E-state index contributed by atoms with van der Waals surface area (Å²) >= 11 is 18.0. The van der Waals surface area contributed by atoms with Crippen molar-refractivity contribution in [1.29, 1.82) is 0 Å². The molecule has 1 aromatic carbocycles. The number of benzene rings is 1. The van der Waals surface area contributed by atoms with Gasteiger partial charge in [-0.3, -0.25) is 0 Å². The molecule has 3 heteroatoms. The Bertz CT molecular complexity index is 333. The Morgan fingerprint density at radius 1 is 1.23 bits per heavy atom. The third kappa shape index (κ3) is 1.45. The second-order valence-corrected chi connectivity index (χ2v) is 5.33. The predicted octanol–water partition coefficient (Wildman–Crippen LogP) is 3.87. The van der Waals surface area contributed by atoms with Gasteiger partial charge in [-0.2, -0.15) is 0 Å². The highest BCUT2D eigenvalue weighted by Gasteiger charge is 2.63. The summed E-state index contributed by atoms with van der Waals surface area (Å²) in [6.45, 7) is 2.04. The highest BCUT2D eigenvalue weighted by Crippen LogP contribution is 2.63. The molecule has 1 fully saturated rings. The highest BCUT2D eigenvalue weighted by molar-refractivity contribution is 6.57. The van der Waals surface area contributed by atoms with E-state index < -0.39 is 4.33 Å². The van der Waals surface area contributed by atoms with E-state index in [0.717, 1.165) is 5.56 Å². The van der Waals surface area contributed by atoms with Gasteiger partial charge in [0.1, 0.15) is 4.33 Å². The third-order valence-corrected chi connectivity index (χ3v) is 4.25. The van der Waals surface area contributed by atoms with Crippen molar-refractivity contribution in [3.63, 3.8) is 0 Å². The van der Waals surface area contributed by atoms with Gasteiger partial charge in [-0.05, 0) is 18.1 Å². The summed E-state index contributed by atoms with van der Waals surface area (Å²) in [7, 11) is 0. The van der Waals surface area contributed by atoms with Gasteiger partial charge in [0.2, 0.25) is 0 Å². The van der Waals surface area contributed by atoms with Crippen LogP contribution in [0.3, 0.4) is 0 Å². The molecule has 1 aliphatic carbocycles. The maximum atomic E-state index is 6.00. The Kier molecular flexibility index (Phi) is 2.26. The van der Waals surface area contributed by atoms with E-state index in [9.17, 15) is 0 Å². The van der Waals surface area contributed by atoms with Crippen molar-refractivity contribution in [2.75, 3.05) is 0 Å². The molecule has 13 heavy (non-hydrogen) atoms. The summed E-state index contributed by atoms with van der Waals surface area (Å²) in [4.78, 5) is 0. The van der Waals surface area contributed by atoms with E-state index in [1.807, 2.05) is 31.2 Å². The first kappa shape index (κ1) is 9.64. The van der Waals surface area contributed by atoms with Crippen LogP contribution >= 0.6 is 34.8 Å². The Morgan fingerprint density at radius 3 is 2.23 bits per heavy atom. The molecule has 0 saturated heterocycles. The van der Waals surface area contributed by atoms with Gasteiger partial charge in [0.05, 0.1) is 5.38 Å². The minimum atomic E-state index is -0.770. The summed E-state index contributed by atoms with van der Waals surface area (Å²) < 4.78 is -0.770. The van der Waals surface area contributed by atoms with Crippen molar-refractivity contribution in [1.82, 2.24) is 0 Å². The first-order valence-corrected chi connectivity index (χ1v) is 5.32. The standard InChI is InChI=1S/C10H9Cl3/c1-6-4-2-3-5-7(6)8-9(11)10(8,12)13/h2-5,8-9H,1H3. The van der Waals surface area contributed by atoms with Crippen molar-refractivity contribution in [3.8, 4) is 0 Å². The van der Waals surface area contributed by atoms with Crippen LogP contribution in [0.4, 0.5) is 0 Å². The van der Waals surface area contributed by atoms with Crippen molar-refractivity contribution in [3.05, 3.63) is 35.4 Å². The SMILES string of the molecule is Cc1ccccc1C1C(Cl)C1(Cl)Cl. The molecule has 0 spiro atoms. The lowest BCUT2D eigenvalue weighted by Crippen LogP contribution is -1.92. The predicted molar refractivity (Wildman–Crippen MR) is 58.0 cm³/mol. The summed E-state index contributed by atoms with van der Waals surface area (Å²) in [6, 6.07) is 8.05. The molecule has 0 nitrogen and oxygen atoms in total. The van der Waals surface area contributed by atoms with E-state index in [1.54, 1.807) is 0 Å². The van der Waals surface area contributed by atoms with E-state index >= 15 is 0 Å². The fourth-order valence-electron chi connectivity index (χ4n) is 1.59. The second kappa shape index (κ2) is 3.05. The van der Waals surface area contributed by atoms with Crippen LogP contribution < -0.4 is 0 Å². The van der Waals surface area contributed by atoms with E-state index in [0.29, 0.717) is 0 Å². The van der Waals surface area contributed by atoms with Crippen LogP contribution in [0.2, 0.25) is 0 Å². The van der Waals surface area contributed by atoms with E-state index in [1.165, 1.54) is 5.56 Å². The molecule has 70 valence electrons. The number of hydrogen-bond acceptors (Lipinski definition) is 0. The zero-order chi connectivity index (χ0) is 9.64. The summed E-state index contributed by atoms with van der Waals surface area (Å²) in [5.41, 5.74) is 2.36. The zero-order valence-corrected chi connectivity index (χ0v) is 9.37. The maximum absolute atomic E-state index is 6.00. The number of aryl methyl sites for hydroxylation is 1. The lowest BCUT2D eigenvalue weighted by molar-refractivity contribution is 1.08. The molecule has 2 atom stereocenters. The molecule has 0 amide bonds. The first-order chi connectivity index (χ1) is 6.05. The Morgan fingerprint density at radius 2 is 1.77 bits per heavy atom. The van der Waals surface area contributed by atoms with Gasteiger partial charge in [0.15, 0.2) is 0 Å². The van der Waals surface area contributed by atoms with Gasteiger partial charge in [0.25, 0.3) is 0 Å². The highest BCUT2D eigenvalue weighted by atomic mass is 35.5. The summed E-state index contributed by atoms with van der Waals surface area (Å²) in [5.74, 6) is 0.0821. The van der Waals surface area contributed by atoms with Crippen LogP contribution in [-0.2, 0) is 0 Å². The van der Waals surface area contributed by atoms with Gasteiger partial charge in [-0.1, -0.05) is 47.5 Å². The van der Waals surface area contributed by atoms with Crippen molar-refractivity contribution >= 4 is 34.8 Å². The topological polar surface area (TPSA) is 0 Å². The number of rotatable bonds is 1. The summed E-state index contributed by atoms with van der Waals surface area (Å²) in [6.07, 6.45) is 0. The van der Waals surface area contributed by atoms with Crippen LogP contribution in [0, 0.1) is 6.92 Å². The van der Waals surface area contributed by atoms with Crippen LogP contribution in [0.15, 0.2) is 24.3 Å². The van der Waals surface area contributed by atoms with Gasteiger partial charge in [-0.15, -0.1) is 11.6 Å². The van der Waals surface area contributed by atoms with Gasteiger partial charge in [0, 0.05) is 5.92 Å². The molecule has 1 aromatic rings. The first-order valence-electron chi connectivity index (χ1n) is 4.12. The molecular weight excluding hydrogens is 226 g/mol. The minimum Gasteiger partial charge on any atom is -0.119 e. The molecule has 0 aliphatic heterocycles. The van der Waals surface area contributed by atoms with E-state index in [-0.39, 0.29) is 11.3 Å². The quantitative estimate of drug-likeness (QED) is 0.648. The molecule has 0 radical (unpaired) electrons. The second-order valence-electron chi connectivity index (χ2n) is 3.41. The minimum absolute atomic E-state index is 0.0821. The molecule has 0 N–H and O–H groups in total. The molecule has 2 rings (SSSR count). The molecule has 0 bridgehead atoms. The van der Waals surface area contributed by atoms with Crippen molar-refractivity contribution < 1.29 is 0 Å². The fraction of sp³-hybridized carbons (Fsp3) is 0.400. The van der Waals surface area contributed by atoms with Gasteiger partial charge in [-0.25, -0.2) is 0 Å². The van der Waals surface area contributed by atoms with Crippen LogP contribution in [0.5, 0.6) is 0 Å². The molecule has 0 heterocycles. The van der Waals surface area contributed by atoms with Gasteiger partial charge >= 0.3 is 0 Å². The van der Waals surface area contributed by atoms with Crippen LogP contribution in [0.1, 0.15) is 17.0 Å². The van der Waals surface area contributed by atoms with Crippen molar-refractivity contribution in [2.24, 2.45) is 0 Å². The molecular formula is C10H9Cl3. The molecule has 1 aliphatic rings. The number of alkyl halides is 3. The maximum Gasteiger partial charge on any atom is 0.143 e. The third-order valence-electron chi connectivity index (χ3n) is 2.49. The van der Waals surface area contributed by atoms with E-state index in [4.69, 9.17) is 34.8 Å². The largest absolute Gasteiger partial charge is 0.143 e. The Hall–Kier alpha value is 0.0900. The smallest absolute Gasteiger partial charge is 0.119 e. The Labute approximate surface area is 92.8 Å². The van der Waals surface area contributed by atoms with Gasteiger partial charge < -0.3 is 0 Å². The van der Waals surface area contributed by atoms with E-state index in [2.05, 4.69) is 0 Å².